The summed E-state index contributed by atoms with van der Waals surface area (Å²) in [4.78, 5) is 14.1. The van der Waals surface area contributed by atoms with Crippen molar-refractivity contribution in [3.8, 4) is 5.69 Å². The highest BCUT2D eigenvalue weighted by molar-refractivity contribution is 7.71. The molecule has 134 valence electrons. The molecule has 0 N–H and O–H groups in total. The van der Waals surface area contributed by atoms with Crippen LogP contribution in [-0.4, -0.2) is 50.4 Å². The monoisotopic (exact) mass is 381 g/mol. The molecule has 9 heteroatoms. The fourth-order valence-electron chi connectivity index (χ4n) is 2.96. The summed E-state index contributed by atoms with van der Waals surface area (Å²) in [6.45, 7) is 4.27. The predicted molar refractivity (Wildman–Crippen MR) is 96.1 cm³/mol. The third-order valence-electron chi connectivity index (χ3n) is 4.15. The molecule has 0 aliphatic carbocycles. The fraction of sp³-hybridized carbons (Fsp3) is 0.500. The van der Waals surface area contributed by atoms with Gasteiger partial charge in [0.15, 0.2) is 0 Å². The van der Waals surface area contributed by atoms with Crippen LogP contribution < -0.4 is 0 Å². The maximum absolute atomic E-state index is 12.0. The quantitative estimate of drug-likeness (QED) is 0.586. The molecule has 1 aliphatic heterocycles. The van der Waals surface area contributed by atoms with Gasteiger partial charge in [-0.3, -0.25) is 9.69 Å². The number of esters is 1. The summed E-state index contributed by atoms with van der Waals surface area (Å²) in [5.41, 5.74) is 0.770. The first-order valence-corrected chi connectivity index (χ1v) is 9.05. The molecule has 0 amide bonds. The summed E-state index contributed by atoms with van der Waals surface area (Å²) >= 11 is 11.5. The molecular weight excluding hydrogens is 362 g/mol. The number of hydrogen-bond donors (Lipinski definition) is 0. The minimum Gasteiger partial charge on any atom is -0.466 e. The van der Waals surface area contributed by atoms with Gasteiger partial charge in [-0.2, -0.15) is 4.68 Å². The van der Waals surface area contributed by atoms with E-state index >= 15 is 0 Å². The average Bonchev–Trinajstić information content (AvgIpc) is 2.96. The SMILES string of the molecule is CCOC(=O)[C@H]1CCCN(Cn2nnn(-c3cccc(Cl)c3)c2=S)C1. The maximum atomic E-state index is 12.0. The Balaban J connectivity index is 1.71. The molecule has 1 aromatic heterocycles. The lowest BCUT2D eigenvalue weighted by Crippen LogP contribution is -2.40. The van der Waals surface area contributed by atoms with E-state index in [4.69, 9.17) is 28.6 Å². The van der Waals surface area contributed by atoms with Gasteiger partial charge in [0.2, 0.25) is 4.77 Å². The van der Waals surface area contributed by atoms with Crippen molar-refractivity contribution >= 4 is 29.8 Å². The third-order valence-corrected chi connectivity index (χ3v) is 4.77. The van der Waals surface area contributed by atoms with E-state index in [2.05, 4.69) is 15.3 Å². The lowest BCUT2D eigenvalue weighted by molar-refractivity contribution is -0.150. The first-order chi connectivity index (χ1) is 12.1. The molecular formula is C16H20ClN5O2S. The second-order valence-electron chi connectivity index (χ2n) is 5.96. The number of rotatable bonds is 5. The largest absolute Gasteiger partial charge is 0.466 e. The van der Waals surface area contributed by atoms with Gasteiger partial charge in [-0.25, -0.2) is 4.68 Å². The highest BCUT2D eigenvalue weighted by Gasteiger charge is 2.27. The van der Waals surface area contributed by atoms with E-state index < -0.39 is 0 Å². The van der Waals surface area contributed by atoms with Crippen molar-refractivity contribution < 1.29 is 9.53 Å². The van der Waals surface area contributed by atoms with E-state index in [0.29, 0.717) is 29.6 Å². The number of tetrazole rings is 1. The molecule has 1 aromatic carbocycles. The summed E-state index contributed by atoms with van der Waals surface area (Å²) < 4.78 is 8.86. The molecule has 2 aromatic rings. The van der Waals surface area contributed by atoms with Gasteiger partial charge in [-0.05, 0) is 67.2 Å². The molecule has 1 fully saturated rings. The number of benzene rings is 1. The third kappa shape index (κ3) is 4.26. The van der Waals surface area contributed by atoms with Crippen molar-refractivity contribution in [1.29, 1.82) is 0 Å². The van der Waals surface area contributed by atoms with E-state index in [0.717, 1.165) is 25.1 Å². The molecule has 25 heavy (non-hydrogen) atoms. The van der Waals surface area contributed by atoms with E-state index in [1.807, 2.05) is 19.1 Å². The van der Waals surface area contributed by atoms with Crippen LogP contribution in [0.5, 0.6) is 0 Å². The van der Waals surface area contributed by atoms with Crippen LogP contribution >= 0.6 is 23.8 Å². The van der Waals surface area contributed by atoms with Crippen molar-refractivity contribution in [2.45, 2.75) is 26.4 Å². The Labute approximate surface area is 156 Å². The van der Waals surface area contributed by atoms with Crippen molar-refractivity contribution in [3.63, 3.8) is 0 Å². The molecule has 3 rings (SSSR count). The van der Waals surface area contributed by atoms with E-state index in [9.17, 15) is 4.79 Å². The Bertz CT molecular complexity index is 806. The maximum Gasteiger partial charge on any atom is 0.310 e. The lowest BCUT2D eigenvalue weighted by Gasteiger charge is -2.30. The first kappa shape index (κ1) is 18.0. The Kier molecular flexibility index (Phi) is 5.82. The molecule has 2 heterocycles. The lowest BCUT2D eigenvalue weighted by atomic mass is 9.99. The molecule has 0 unspecified atom stereocenters. The van der Waals surface area contributed by atoms with E-state index in [1.165, 1.54) is 0 Å². The second-order valence-corrected chi connectivity index (χ2v) is 6.76. The van der Waals surface area contributed by atoms with Gasteiger partial charge >= 0.3 is 5.97 Å². The average molecular weight is 382 g/mol. The molecule has 0 spiro atoms. The smallest absolute Gasteiger partial charge is 0.310 e. The van der Waals surface area contributed by atoms with Gasteiger partial charge in [0.05, 0.1) is 24.9 Å². The Morgan fingerprint density at radius 3 is 3.04 bits per heavy atom. The van der Waals surface area contributed by atoms with Gasteiger partial charge in [-0.1, -0.05) is 17.7 Å². The highest BCUT2D eigenvalue weighted by Crippen LogP contribution is 2.19. The Morgan fingerprint density at radius 2 is 2.28 bits per heavy atom. The number of ether oxygens (including phenoxy) is 1. The predicted octanol–water partition coefficient (Wildman–Crippen LogP) is 2.68. The van der Waals surface area contributed by atoms with Crippen molar-refractivity contribution in [1.82, 2.24) is 24.7 Å². The number of carbonyl (C=O) groups excluding carboxylic acids is 1. The zero-order valence-electron chi connectivity index (χ0n) is 14.0. The number of nitrogens with zero attached hydrogens (tertiary/aromatic N) is 5. The van der Waals surface area contributed by atoms with Crippen molar-refractivity contribution in [2.75, 3.05) is 19.7 Å². The van der Waals surface area contributed by atoms with Gasteiger partial charge in [0.25, 0.3) is 0 Å². The van der Waals surface area contributed by atoms with Crippen LogP contribution in [0.25, 0.3) is 5.69 Å². The van der Waals surface area contributed by atoms with Crippen LogP contribution in [0.15, 0.2) is 24.3 Å². The molecule has 1 saturated heterocycles. The van der Waals surface area contributed by atoms with E-state index in [-0.39, 0.29) is 11.9 Å². The Morgan fingerprint density at radius 1 is 1.44 bits per heavy atom. The van der Waals surface area contributed by atoms with Crippen molar-refractivity contribution in [3.05, 3.63) is 34.1 Å². The van der Waals surface area contributed by atoms with Crippen LogP contribution in [0.3, 0.4) is 0 Å². The highest BCUT2D eigenvalue weighted by atomic mass is 35.5. The van der Waals surface area contributed by atoms with Crippen molar-refractivity contribution in [2.24, 2.45) is 5.92 Å². The van der Waals surface area contributed by atoms with Crippen LogP contribution in [-0.2, 0) is 16.2 Å². The van der Waals surface area contributed by atoms with E-state index in [1.54, 1.807) is 21.5 Å². The number of carbonyl (C=O) groups is 1. The normalized spacial score (nSPS) is 18.2. The summed E-state index contributed by atoms with van der Waals surface area (Å²) in [6, 6.07) is 7.29. The van der Waals surface area contributed by atoms with Crippen LogP contribution in [0.2, 0.25) is 5.02 Å². The summed E-state index contributed by atoms with van der Waals surface area (Å²) in [5, 5.41) is 8.88. The number of aromatic nitrogens is 4. The fourth-order valence-corrected chi connectivity index (χ4v) is 3.38. The van der Waals surface area contributed by atoms with Crippen LogP contribution in [0.4, 0.5) is 0 Å². The minimum absolute atomic E-state index is 0.0918. The summed E-state index contributed by atoms with van der Waals surface area (Å²) in [7, 11) is 0. The van der Waals surface area contributed by atoms with Crippen LogP contribution in [0, 0.1) is 10.7 Å². The number of halogens is 1. The van der Waals surface area contributed by atoms with Gasteiger partial charge in [0, 0.05) is 11.6 Å². The van der Waals surface area contributed by atoms with Gasteiger partial charge < -0.3 is 4.74 Å². The zero-order chi connectivity index (χ0) is 17.8. The number of hydrogen-bond acceptors (Lipinski definition) is 6. The molecule has 1 atom stereocenters. The molecule has 0 saturated carbocycles. The first-order valence-electron chi connectivity index (χ1n) is 8.26. The number of piperidine rings is 1. The van der Waals surface area contributed by atoms with Gasteiger partial charge in [-0.15, -0.1) is 0 Å². The molecule has 0 bridgehead atoms. The number of likely N-dealkylation sites (tertiary alicyclic amines) is 1. The molecule has 0 radical (unpaired) electrons. The van der Waals surface area contributed by atoms with Crippen LogP contribution in [0.1, 0.15) is 19.8 Å². The van der Waals surface area contributed by atoms with Gasteiger partial charge in [0.1, 0.15) is 0 Å². The summed E-state index contributed by atoms with van der Waals surface area (Å²) in [6.07, 6.45) is 1.80. The standard InChI is InChI=1S/C16H20ClN5O2S/c1-2-24-15(23)12-5-4-8-20(10-12)11-21-16(25)22(19-18-21)14-7-3-6-13(17)9-14/h3,6-7,9,12H,2,4-5,8,10-11H2,1H3/t12-/m0/s1. The Hall–Kier alpha value is -1.77. The summed E-state index contributed by atoms with van der Waals surface area (Å²) in [5.74, 6) is -0.218. The molecule has 1 aliphatic rings. The second kappa shape index (κ2) is 8.07. The zero-order valence-corrected chi connectivity index (χ0v) is 15.5. The minimum atomic E-state index is -0.127. The topological polar surface area (TPSA) is 65.2 Å². The molecule has 7 nitrogen and oxygen atoms in total.